The molecule has 2 aromatic heterocycles. The van der Waals surface area contributed by atoms with E-state index in [1.807, 2.05) is 48.2 Å². The Kier molecular flexibility index (Phi) is 4.82. The summed E-state index contributed by atoms with van der Waals surface area (Å²) in [6, 6.07) is 13.4. The van der Waals surface area contributed by atoms with E-state index in [2.05, 4.69) is 20.2 Å². The highest BCUT2D eigenvalue weighted by molar-refractivity contribution is 5.93. The number of piperidine rings is 1. The average Bonchev–Trinajstić information content (AvgIpc) is 3.19. The fourth-order valence-corrected chi connectivity index (χ4v) is 3.21. The summed E-state index contributed by atoms with van der Waals surface area (Å²) in [7, 11) is 0. The molecule has 3 heterocycles. The van der Waals surface area contributed by atoms with Gasteiger partial charge in [-0.3, -0.25) is 9.89 Å². The van der Waals surface area contributed by atoms with E-state index >= 15 is 0 Å². The molecule has 0 atom stereocenters. The summed E-state index contributed by atoms with van der Waals surface area (Å²) >= 11 is 0. The van der Waals surface area contributed by atoms with E-state index in [0.29, 0.717) is 30.5 Å². The Balaban J connectivity index is 1.35. The molecule has 27 heavy (non-hydrogen) atoms. The van der Waals surface area contributed by atoms with Crippen molar-refractivity contribution < 1.29 is 9.53 Å². The molecule has 4 rings (SSSR count). The van der Waals surface area contributed by atoms with Crippen LogP contribution in [0.3, 0.4) is 0 Å². The standard InChI is InChI=1S/C20H21N5O2/c1-14-21-10-7-19(22-14)27-16-8-11-25(12-9-16)20(26)18-13-17(23-24-18)15-5-3-2-4-6-15/h2-7,10,13,16H,8-9,11-12H2,1H3,(H,23,24). The third kappa shape index (κ3) is 3.97. The van der Waals surface area contributed by atoms with Gasteiger partial charge in [0, 0.05) is 43.8 Å². The molecule has 0 bridgehead atoms. The van der Waals surface area contributed by atoms with Gasteiger partial charge < -0.3 is 9.64 Å². The number of hydrogen-bond donors (Lipinski definition) is 1. The molecule has 0 aliphatic carbocycles. The van der Waals surface area contributed by atoms with Gasteiger partial charge in [-0.15, -0.1) is 0 Å². The fourth-order valence-electron chi connectivity index (χ4n) is 3.21. The number of nitrogens with zero attached hydrogens (tertiary/aromatic N) is 4. The van der Waals surface area contributed by atoms with E-state index in [-0.39, 0.29) is 12.0 Å². The first-order chi connectivity index (χ1) is 13.2. The van der Waals surface area contributed by atoms with Gasteiger partial charge in [0.05, 0.1) is 5.69 Å². The van der Waals surface area contributed by atoms with Crippen molar-refractivity contribution in [1.82, 2.24) is 25.1 Å². The van der Waals surface area contributed by atoms with Crippen molar-refractivity contribution >= 4 is 5.91 Å². The van der Waals surface area contributed by atoms with Gasteiger partial charge >= 0.3 is 0 Å². The van der Waals surface area contributed by atoms with Crippen molar-refractivity contribution in [3.63, 3.8) is 0 Å². The molecule has 1 fully saturated rings. The Morgan fingerprint density at radius 1 is 1.19 bits per heavy atom. The molecule has 1 amide bonds. The third-order valence-corrected chi connectivity index (χ3v) is 4.64. The summed E-state index contributed by atoms with van der Waals surface area (Å²) in [5, 5.41) is 7.14. The van der Waals surface area contributed by atoms with E-state index in [0.717, 1.165) is 24.1 Å². The SMILES string of the molecule is Cc1nccc(OC2CCN(C(=O)c3cc(-c4ccccc4)n[nH]3)CC2)n1. The highest BCUT2D eigenvalue weighted by Gasteiger charge is 2.26. The predicted octanol–water partition coefficient (Wildman–Crippen LogP) is 2.86. The number of carbonyl (C=O) groups excluding carboxylic acids is 1. The first-order valence-electron chi connectivity index (χ1n) is 9.05. The van der Waals surface area contributed by atoms with E-state index in [1.165, 1.54) is 0 Å². The van der Waals surface area contributed by atoms with E-state index < -0.39 is 0 Å². The van der Waals surface area contributed by atoms with E-state index in [4.69, 9.17) is 4.74 Å². The molecule has 138 valence electrons. The molecule has 3 aromatic rings. The van der Waals surface area contributed by atoms with Gasteiger partial charge in [0.1, 0.15) is 17.6 Å². The molecule has 1 N–H and O–H groups in total. The first-order valence-corrected chi connectivity index (χ1v) is 9.05. The number of benzene rings is 1. The molecule has 0 radical (unpaired) electrons. The number of H-pyrrole nitrogens is 1. The maximum absolute atomic E-state index is 12.7. The number of aryl methyl sites for hydroxylation is 1. The lowest BCUT2D eigenvalue weighted by atomic mass is 10.1. The van der Waals surface area contributed by atoms with Crippen molar-refractivity contribution in [3.8, 4) is 17.1 Å². The zero-order valence-corrected chi connectivity index (χ0v) is 15.1. The maximum Gasteiger partial charge on any atom is 0.271 e. The number of rotatable bonds is 4. The van der Waals surface area contributed by atoms with Crippen molar-refractivity contribution in [2.45, 2.75) is 25.9 Å². The molecule has 7 heteroatoms. The Hall–Kier alpha value is -3.22. The Morgan fingerprint density at radius 3 is 2.70 bits per heavy atom. The van der Waals surface area contributed by atoms with Gasteiger partial charge in [0.25, 0.3) is 5.91 Å². The number of aromatic nitrogens is 4. The van der Waals surface area contributed by atoms with Gasteiger partial charge in [-0.1, -0.05) is 30.3 Å². The number of hydrogen-bond acceptors (Lipinski definition) is 5. The van der Waals surface area contributed by atoms with Crippen LogP contribution in [0.4, 0.5) is 0 Å². The number of nitrogens with one attached hydrogen (secondary N) is 1. The molecule has 0 spiro atoms. The normalized spacial score (nSPS) is 14.9. The largest absolute Gasteiger partial charge is 0.474 e. The van der Waals surface area contributed by atoms with Crippen LogP contribution in [-0.2, 0) is 0 Å². The van der Waals surface area contributed by atoms with Crippen LogP contribution in [0.1, 0.15) is 29.2 Å². The number of aromatic amines is 1. The fraction of sp³-hybridized carbons (Fsp3) is 0.300. The number of likely N-dealkylation sites (tertiary alicyclic amines) is 1. The zero-order valence-electron chi connectivity index (χ0n) is 15.1. The van der Waals surface area contributed by atoms with Gasteiger partial charge in [0.2, 0.25) is 5.88 Å². The zero-order chi connectivity index (χ0) is 18.6. The highest BCUT2D eigenvalue weighted by Crippen LogP contribution is 2.21. The monoisotopic (exact) mass is 363 g/mol. The smallest absolute Gasteiger partial charge is 0.271 e. The maximum atomic E-state index is 12.7. The molecule has 1 aliphatic heterocycles. The minimum atomic E-state index is -0.0268. The van der Waals surface area contributed by atoms with Crippen LogP contribution in [-0.4, -0.2) is 50.2 Å². The lowest BCUT2D eigenvalue weighted by molar-refractivity contribution is 0.0582. The summed E-state index contributed by atoms with van der Waals surface area (Å²) in [6.07, 6.45) is 3.30. The second-order valence-electron chi connectivity index (χ2n) is 6.58. The third-order valence-electron chi connectivity index (χ3n) is 4.64. The lowest BCUT2D eigenvalue weighted by Gasteiger charge is -2.31. The van der Waals surface area contributed by atoms with Crippen molar-refractivity contribution in [3.05, 3.63) is 60.2 Å². The summed E-state index contributed by atoms with van der Waals surface area (Å²) in [5.41, 5.74) is 2.27. The number of carbonyl (C=O) groups is 1. The molecule has 1 saturated heterocycles. The highest BCUT2D eigenvalue weighted by atomic mass is 16.5. The van der Waals surface area contributed by atoms with Crippen molar-refractivity contribution in [1.29, 1.82) is 0 Å². The van der Waals surface area contributed by atoms with Crippen LogP contribution < -0.4 is 4.74 Å². The van der Waals surface area contributed by atoms with Crippen molar-refractivity contribution in [2.24, 2.45) is 0 Å². The Morgan fingerprint density at radius 2 is 1.96 bits per heavy atom. The molecular weight excluding hydrogens is 342 g/mol. The minimum Gasteiger partial charge on any atom is -0.474 e. The number of amides is 1. The quantitative estimate of drug-likeness (QED) is 0.770. The summed E-state index contributed by atoms with van der Waals surface area (Å²) in [5.74, 6) is 1.25. The van der Waals surface area contributed by atoms with Crippen LogP contribution in [0.2, 0.25) is 0 Å². The van der Waals surface area contributed by atoms with E-state index in [1.54, 1.807) is 12.3 Å². The minimum absolute atomic E-state index is 0.0268. The van der Waals surface area contributed by atoms with Gasteiger partial charge in [-0.2, -0.15) is 10.1 Å². The van der Waals surface area contributed by atoms with Gasteiger partial charge in [0.15, 0.2) is 0 Å². The molecular formula is C20H21N5O2. The predicted molar refractivity (Wildman–Crippen MR) is 100 cm³/mol. The van der Waals surface area contributed by atoms with Gasteiger partial charge in [-0.25, -0.2) is 4.98 Å². The first kappa shape index (κ1) is 17.2. The van der Waals surface area contributed by atoms with Crippen LogP contribution >= 0.6 is 0 Å². The lowest BCUT2D eigenvalue weighted by Crippen LogP contribution is -2.42. The molecule has 0 saturated carbocycles. The summed E-state index contributed by atoms with van der Waals surface area (Å²) < 4.78 is 5.92. The van der Waals surface area contributed by atoms with Crippen LogP contribution in [0.15, 0.2) is 48.7 Å². The summed E-state index contributed by atoms with van der Waals surface area (Å²) in [6.45, 7) is 3.13. The Bertz CT molecular complexity index is 917. The van der Waals surface area contributed by atoms with Crippen LogP contribution in [0.25, 0.3) is 11.3 Å². The second kappa shape index (κ2) is 7.57. The molecule has 7 nitrogen and oxygen atoms in total. The number of ether oxygens (including phenoxy) is 1. The molecule has 0 unspecified atom stereocenters. The van der Waals surface area contributed by atoms with Crippen LogP contribution in [0.5, 0.6) is 5.88 Å². The van der Waals surface area contributed by atoms with E-state index in [9.17, 15) is 4.79 Å². The van der Waals surface area contributed by atoms with Crippen LogP contribution in [0, 0.1) is 6.92 Å². The second-order valence-corrected chi connectivity index (χ2v) is 6.58. The summed E-state index contributed by atoms with van der Waals surface area (Å²) in [4.78, 5) is 22.9. The molecule has 1 aliphatic rings. The topological polar surface area (TPSA) is 84.0 Å². The van der Waals surface area contributed by atoms with Crippen molar-refractivity contribution in [2.75, 3.05) is 13.1 Å². The van der Waals surface area contributed by atoms with Gasteiger partial charge in [-0.05, 0) is 13.0 Å². The average molecular weight is 363 g/mol. The molecule has 1 aromatic carbocycles. The Labute approximate surface area is 157 Å².